The molecule has 0 aromatic heterocycles. The van der Waals surface area contributed by atoms with Crippen LogP contribution in [0, 0.1) is 0 Å². The third-order valence-electron chi connectivity index (χ3n) is 2.46. The summed E-state index contributed by atoms with van der Waals surface area (Å²) in [6.07, 6.45) is -1.61. The Labute approximate surface area is 116 Å². The summed E-state index contributed by atoms with van der Waals surface area (Å²) in [7, 11) is -1.28. The molecule has 1 amide bonds. The number of hydrogen-bond donors (Lipinski definition) is 3. The Morgan fingerprint density at radius 1 is 1.40 bits per heavy atom. The molecule has 0 aliphatic carbocycles. The first-order valence-corrected chi connectivity index (χ1v) is 6.99. The number of ether oxygens (including phenoxy) is 2. The number of carbonyl (C=O) groups is 1. The fourth-order valence-electron chi connectivity index (χ4n) is 1.36. The number of amides is 1. The van der Waals surface area contributed by atoms with Gasteiger partial charge in [-0.1, -0.05) is 0 Å². The summed E-state index contributed by atoms with van der Waals surface area (Å²) in [5.41, 5.74) is 4.84. The first-order valence-electron chi connectivity index (χ1n) is 5.51. The molecule has 0 spiro atoms. The van der Waals surface area contributed by atoms with Crippen LogP contribution in [0.15, 0.2) is 23.1 Å². The number of aliphatic hydroxyl groups is 1. The average molecular weight is 304 g/mol. The standard InChI is InChI=1S/C11H16N2O6S/c1-18-7-3-4-9(19-2)10(5-7)20(16,17)13-6-8(14)11(12)15/h3-5,8,13-14H,6H2,1-2H3,(H2,12,15). The minimum atomic E-state index is -3.99. The fourth-order valence-corrected chi connectivity index (χ4v) is 2.58. The van der Waals surface area contributed by atoms with Crippen molar-refractivity contribution in [2.24, 2.45) is 5.73 Å². The van der Waals surface area contributed by atoms with Crippen molar-refractivity contribution >= 4 is 15.9 Å². The second kappa shape index (κ2) is 6.55. The fraction of sp³-hybridized carbons (Fsp3) is 0.364. The molecular formula is C11H16N2O6S. The largest absolute Gasteiger partial charge is 0.497 e. The number of primary amides is 1. The molecule has 112 valence electrons. The molecule has 20 heavy (non-hydrogen) atoms. The van der Waals surface area contributed by atoms with Crippen molar-refractivity contribution in [3.05, 3.63) is 18.2 Å². The molecular weight excluding hydrogens is 288 g/mol. The van der Waals surface area contributed by atoms with Gasteiger partial charge in [0.05, 0.1) is 14.2 Å². The van der Waals surface area contributed by atoms with Crippen LogP contribution in [0.1, 0.15) is 0 Å². The molecule has 0 fully saturated rings. The van der Waals surface area contributed by atoms with Gasteiger partial charge < -0.3 is 20.3 Å². The van der Waals surface area contributed by atoms with Crippen molar-refractivity contribution in [2.75, 3.05) is 20.8 Å². The van der Waals surface area contributed by atoms with E-state index in [1.54, 1.807) is 0 Å². The van der Waals surface area contributed by atoms with Gasteiger partial charge in [0.15, 0.2) is 0 Å². The maximum absolute atomic E-state index is 12.1. The summed E-state index contributed by atoms with van der Waals surface area (Å²) in [5, 5.41) is 9.21. The highest BCUT2D eigenvalue weighted by Gasteiger charge is 2.22. The molecule has 0 aliphatic heterocycles. The highest BCUT2D eigenvalue weighted by molar-refractivity contribution is 7.89. The number of rotatable bonds is 7. The number of benzene rings is 1. The van der Waals surface area contributed by atoms with Crippen molar-refractivity contribution in [1.29, 1.82) is 0 Å². The van der Waals surface area contributed by atoms with Crippen molar-refractivity contribution in [3.63, 3.8) is 0 Å². The second-order valence-corrected chi connectivity index (χ2v) is 5.52. The molecule has 0 bridgehead atoms. The topological polar surface area (TPSA) is 128 Å². The van der Waals surface area contributed by atoms with Gasteiger partial charge in [-0.25, -0.2) is 13.1 Å². The summed E-state index contributed by atoms with van der Waals surface area (Å²) in [4.78, 5) is 10.5. The highest BCUT2D eigenvalue weighted by Crippen LogP contribution is 2.27. The smallest absolute Gasteiger partial charge is 0.247 e. The summed E-state index contributed by atoms with van der Waals surface area (Å²) in [6, 6.07) is 4.23. The molecule has 9 heteroatoms. The quantitative estimate of drug-likeness (QED) is 0.582. The molecule has 1 atom stereocenters. The Morgan fingerprint density at radius 2 is 2.05 bits per heavy atom. The Kier molecular flexibility index (Phi) is 5.31. The monoisotopic (exact) mass is 304 g/mol. The third-order valence-corrected chi connectivity index (χ3v) is 3.90. The number of sulfonamides is 1. The van der Waals surface area contributed by atoms with E-state index in [4.69, 9.17) is 15.2 Å². The molecule has 1 aromatic rings. The number of carbonyl (C=O) groups excluding carboxylic acids is 1. The molecule has 0 saturated heterocycles. The van der Waals surface area contributed by atoms with Crippen LogP contribution in [0.4, 0.5) is 0 Å². The maximum Gasteiger partial charge on any atom is 0.247 e. The minimum absolute atomic E-state index is 0.104. The molecule has 1 unspecified atom stereocenters. The van der Waals surface area contributed by atoms with Crippen molar-refractivity contribution < 1.29 is 27.8 Å². The van der Waals surface area contributed by atoms with Crippen LogP contribution in [0.3, 0.4) is 0 Å². The summed E-state index contributed by atoms with van der Waals surface area (Å²) in [6.45, 7) is -0.530. The van der Waals surface area contributed by atoms with Crippen LogP contribution in [-0.4, -0.2) is 46.3 Å². The van der Waals surface area contributed by atoms with Crippen molar-refractivity contribution in [2.45, 2.75) is 11.0 Å². The first kappa shape index (κ1) is 16.2. The van der Waals surface area contributed by atoms with E-state index in [9.17, 15) is 18.3 Å². The van der Waals surface area contributed by atoms with Gasteiger partial charge in [-0.3, -0.25) is 4.79 Å². The highest BCUT2D eigenvalue weighted by atomic mass is 32.2. The van der Waals surface area contributed by atoms with Gasteiger partial charge in [0.1, 0.15) is 22.5 Å². The van der Waals surface area contributed by atoms with Crippen molar-refractivity contribution in [1.82, 2.24) is 4.72 Å². The van der Waals surface area contributed by atoms with E-state index in [0.717, 1.165) is 0 Å². The van der Waals surface area contributed by atoms with Crippen LogP contribution in [0.2, 0.25) is 0 Å². The molecule has 0 heterocycles. The Hall–Kier alpha value is -1.84. The first-order chi connectivity index (χ1) is 9.31. The molecule has 0 radical (unpaired) electrons. The minimum Gasteiger partial charge on any atom is -0.497 e. The van der Waals surface area contributed by atoms with E-state index in [2.05, 4.69) is 4.72 Å². The molecule has 1 aromatic carbocycles. The van der Waals surface area contributed by atoms with Gasteiger partial charge in [-0.2, -0.15) is 0 Å². The predicted octanol–water partition coefficient (Wildman–Crippen LogP) is -1.17. The van der Waals surface area contributed by atoms with Crippen LogP contribution in [0.25, 0.3) is 0 Å². The Morgan fingerprint density at radius 3 is 2.55 bits per heavy atom. The molecule has 8 nitrogen and oxygen atoms in total. The number of nitrogens with two attached hydrogens (primary N) is 1. The number of nitrogens with one attached hydrogen (secondary N) is 1. The van der Waals surface area contributed by atoms with E-state index in [0.29, 0.717) is 5.75 Å². The van der Waals surface area contributed by atoms with Crippen LogP contribution in [0.5, 0.6) is 11.5 Å². The molecule has 0 aliphatic rings. The van der Waals surface area contributed by atoms with Crippen LogP contribution >= 0.6 is 0 Å². The van der Waals surface area contributed by atoms with Crippen LogP contribution in [-0.2, 0) is 14.8 Å². The zero-order valence-electron chi connectivity index (χ0n) is 11.0. The zero-order chi connectivity index (χ0) is 15.3. The SMILES string of the molecule is COc1ccc(OC)c(S(=O)(=O)NCC(O)C(N)=O)c1. The van der Waals surface area contributed by atoms with E-state index < -0.39 is 28.6 Å². The van der Waals surface area contributed by atoms with Gasteiger partial charge in [0, 0.05) is 12.6 Å². The lowest BCUT2D eigenvalue weighted by Crippen LogP contribution is -2.40. The maximum atomic E-state index is 12.1. The van der Waals surface area contributed by atoms with Gasteiger partial charge in [-0.15, -0.1) is 0 Å². The van der Waals surface area contributed by atoms with Gasteiger partial charge in [0.2, 0.25) is 15.9 Å². The molecule has 4 N–H and O–H groups in total. The number of methoxy groups -OCH3 is 2. The van der Waals surface area contributed by atoms with Crippen LogP contribution < -0.4 is 19.9 Å². The molecule has 1 rings (SSSR count). The van der Waals surface area contributed by atoms with E-state index in [-0.39, 0.29) is 10.6 Å². The average Bonchev–Trinajstić information content (AvgIpc) is 2.43. The summed E-state index contributed by atoms with van der Waals surface area (Å²) in [5.74, 6) is -0.598. The lowest BCUT2D eigenvalue weighted by Gasteiger charge is -2.13. The van der Waals surface area contributed by atoms with E-state index in [1.165, 1.54) is 32.4 Å². The van der Waals surface area contributed by atoms with Gasteiger partial charge >= 0.3 is 0 Å². The Balaban J connectivity index is 3.05. The van der Waals surface area contributed by atoms with Gasteiger partial charge in [0.25, 0.3) is 0 Å². The van der Waals surface area contributed by atoms with E-state index >= 15 is 0 Å². The zero-order valence-corrected chi connectivity index (χ0v) is 11.8. The van der Waals surface area contributed by atoms with Gasteiger partial charge in [-0.05, 0) is 12.1 Å². The van der Waals surface area contributed by atoms with Crippen molar-refractivity contribution in [3.8, 4) is 11.5 Å². The lowest BCUT2D eigenvalue weighted by molar-refractivity contribution is -0.125. The third kappa shape index (κ3) is 3.83. The normalized spacial score (nSPS) is 12.8. The summed E-state index contributed by atoms with van der Waals surface area (Å²) >= 11 is 0. The predicted molar refractivity (Wildman–Crippen MR) is 69.9 cm³/mol. The number of hydrogen-bond acceptors (Lipinski definition) is 6. The Bertz CT molecular complexity index is 587. The summed E-state index contributed by atoms with van der Waals surface area (Å²) < 4.78 is 36.2. The second-order valence-electron chi connectivity index (χ2n) is 3.79. The number of aliphatic hydroxyl groups excluding tert-OH is 1. The lowest BCUT2D eigenvalue weighted by atomic mass is 10.3. The van der Waals surface area contributed by atoms with E-state index in [1.807, 2.05) is 0 Å². The molecule has 0 saturated carbocycles.